The lowest BCUT2D eigenvalue weighted by Gasteiger charge is -2.12. The maximum atomic E-state index is 11.8. The van der Waals surface area contributed by atoms with E-state index in [1.54, 1.807) is 18.2 Å². The van der Waals surface area contributed by atoms with Gasteiger partial charge >= 0.3 is 0 Å². The molecule has 0 heterocycles. The number of amides is 1. The first kappa shape index (κ1) is 16.0. The van der Waals surface area contributed by atoms with Gasteiger partial charge < -0.3 is 5.11 Å². The number of benzene rings is 2. The first-order valence-corrected chi connectivity index (χ1v) is 6.73. The largest absolute Gasteiger partial charge is 0.507 e. The molecule has 7 nitrogen and oxygen atoms in total. The molecule has 7 heteroatoms. The lowest BCUT2D eigenvalue weighted by molar-refractivity contribution is -0.384. The van der Waals surface area contributed by atoms with Crippen LogP contribution in [0, 0.1) is 10.1 Å². The fourth-order valence-corrected chi connectivity index (χ4v) is 1.91. The van der Waals surface area contributed by atoms with E-state index < -0.39 is 4.92 Å². The number of rotatable bonds is 6. The fourth-order valence-electron chi connectivity index (χ4n) is 1.91. The minimum absolute atomic E-state index is 0.0276. The lowest BCUT2D eigenvalue weighted by atomic mass is 10.1. The second-order valence-electron chi connectivity index (χ2n) is 4.77. The monoisotopic (exact) mass is 313 g/mol. The molecule has 0 spiro atoms. The van der Waals surface area contributed by atoms with E-state index >= 15 is 0 Å². The minimum Gasteiger partial charge on any atom is -0.507 e. The Hall–Kier alpha value is -3.35. The van der Waals surface area contributed by atoms with Crippen molar-refractivity contribution in [3.05, 3.63) is 76.4 Å². The van der Waals surface area contributed by atoms with Gasteiger partial charge in [0.25, 0.3) is 5.69 Å². The number of carbonyl (C=O) groups is 1. The van der Waals surface area contributed by atoms with E-state index in [9.17, 15) is 20.0 Å². The third kappa shape index (κ3) is 4.31. The maximum Gasteiger partial charge on any atom is 0.269 e. The number of hydrogen-bond acceptors (Lipinski definition) is 5. The quantitative estimate of drug-likeness (QED) is 0.560. The standard InChI is InChI=1S/C16H15N3O4/c1-11(14-4-2-3-5-15(14)20)17-18-16(21)10-12-6-8-13(9-7-12)19(22)23/h2-9,17,20H,1,10H2,(H,18,21). The molecular weight excluding hydrogens is 298 g/mol. The summed E-state index contributed by atoms with van der Waals surface area (Å²) in [7, 11) is 0. The molecule has 0 saturated heterocycles. The molecular formula is C16H15N3O4. The van der Waals surface area contributed by atoms with Gasteiger partial charge in [-0.25, -0.2) is 0 Å². The van der Waals surface area contributed by atoms with Gasteiger partial charge in [0.05, 0.1) is 17.0 Å². The number of hydrogen-bond donors (Lipinski definition) is 3. The summed E-state index contributed by atoms with van der Waals surface area (Å²) < 4.78 is 0. The van der Waals surface area contributed by atoms with Crippen LogP contribution in [0.4, 0.5) is 5.69 Å². The minimum atomic E-state index is -0.498. The van der Waals surface area contributed by atoms with Gasteiger partial charge in [0, 0.05) is 17.7 Å². The third-order valence-corrected chi connectivity index (χ3v) is 3.09. The highest BCUT2D eigenvalue weighted by atomic mass is 16.6. The normalized spacial score (nSPS) is 9.91. The molecule has 23 heavy (non-hydrogen) atoms. The molecule has 0 aliphatic carbocycles. The first-order valence-electron chi connectivity index (χ1n) is 6.73. The van der Waals surface area contributed by atoms with Crippen LogP contribution in [0.3, 0.4) is 0 Å². The number of nitro benzene ring substituents is 1. The third-order valence-electron chi connectivity index (χ3n) is 3.09. The zero-order valence-electron chi connectivity index (χ0n) is 12.2. The van der Waals surface area contributed by atoms with Gasteiger partial charge in [0.1, 0.15) is 5.75 Å². The molecule has 0 aliphatic rings. The van der Waals surface area contributed by atoms with Crippen molar-refractivity contribution in [2.24, 2.45) is 0 Å². The average molecular weight is 313 g/mol. The highest BCUT2D eigenvalue weighted by Gasteiger charge is 2.08. The van der Waals surface area contributed by atoms with E-state index in [1.807, 2.05) is 0 Å². The van der Waals surface area contributed by atoms with Gasteiger partial charge in [-0.2, -0.15) is 0 Å². The summed E-state index contributed by atoms with van der Waals surface area (Å²) in [6, 6.07) is 12.3. The molecule has 2 aromatic rings. The Morgan fingerprint density at radius 2 is 1.78 bits per heavy atom. The summed E-state index contributed by atoms with van der Waals surface area (Å²) >= 11 is 0. The maximum absolute atomic E-state index is 11.8. The molecule has 0 aromatic heterocycles. The van der Waals surface area contributed by atoms with Crippen molar-refractivity contribution in [1.29, 1.82) is 0 Å². The molecule has 0 aliphatic heterocycles. The van der Waals surface area contributed by atoms with Crippen LogP contribution in [0.5, 0.6) is 5.75 Å². The van der Waals surface area contributed by atoms with E-state index in [1.165, 1.54) is 30.3 Å². The number of phenolic OH excluding ortho intramolecular Hbond substituents is 1. The molecule has 2 aromatic carbocycles. The highest BCUT2D eigenvalue weighted by molar-refractivity contribution is 5.79. The van der Waals surface area contributed by atoms with Gasteiger partial charge in [0.15, 0.2) is 0 Å². The summed E-state index contributed by atoms with van der Waals surface area (Å²) in [4.78, 5) is 21.9. The van der Waals surface area contributed by atoms with Crippen molar-refractivity contribution in [3.63, 3.8) is 0 Å². The molecule has 118 valence electrons. The predicted octanol–water partition coefficient (Wildman–Crippen LogP) is 2.13. The highest BCUT2D eigenvalue weighted by Crippen LogP contribution is 2.20. The Bertz CT molecular complexity index is 741. The molecule has 0 atom stereocenters. The Labute approximate surface area is 132 Å². The van der Waals surface area contributed by atoms with E-state index in [2.05, 4.69) is 17.4 Å². The molecule has 0 unspecified atom stereocenters. The number of nitro groups is 1. The molecule has 2 rings (SSSR count). The molecule has 3 N–H and O–H groups in total. The fraction of sp³-hybridized carbons (Fsp3) is 0.0625. The van der Waals surface area contributed by atoms with Crippen LogP contribution in [0.25, 0.3) is 5.70 Å². The molecule has 1 amide bonds. The zero-order valence-corrected chi connectivity index (χ0v) is 12.2. The summed E-state index contributed by atoms with van der Waals surface area (Å²) in [5.41, 5.74) is 6.52. The van der Waals surface area contributed by atoms with Crippen molar-refractivity contribution >= 4 is 17.3 Å². The number of carbonyl (C=O) groups excluding carboxylic acids is 1. The van der Waals surface area contributed by atoms with Crippen molar-refractivity contribution in [2.75, 3.05) is 0 Å². The van der Waals surface area contributed by atoms with E-state index in [0.717, 1.165) is 0 Å². The summed E-state index contributed by atoms with van der Waals surface area (Å²) in [5.74, 6) is -0.287. The Kier molecular flexibility index (Phi) is 4.93. The Morgan fingerprint density at radius 1 is 1.13 bits per heavy atom. The molecule has 0 saturated carbocycles. The SMILES string of the molecule is C=C(NNC(=O)Cc1ccc([N+](=O)[O-])cc1)c1ccccc1O. The summed E-state index contributed by atoms with van der Waals surface area (Å²) in [6.45, 7) is 3.73. The lowest BCUT2D eigenvalue weighted by Crippen LogP contribution is -2.36. The molecule has 0 bridgehead atoms. The van der Waals surface area contributed by atoms with Crippen LogP contribution in [0.15, 0.2) is 55.1 Å². The molecule has 0 fully saturated rings. The zero-order chi connectivity index (χ0) is 16.8. The average Bonchev–Trinajstić information content (AvgIpc) is 2.53. The number of aromatic hydroxyl groups is 1. The van der Waals surface area contributed by atoms with Gasteiger partial charge in [-0.3, -0.25) is 25.8 Å². The van der Waals surface area contributed by atoms with Gasteiger partial charge in [-0.05, 0) is 17.7 Å². The second kappa shape index (κ2) is 7.08. The van der Waals surface area contributed by atoms with Crippen LogP contribution in [-0.4, -0.2) is 15.9 Å². The second-order valence-corrected chi connectivity index (χ2v) is 4.77. The van der Waals surface area contributed by atoms with Gasteiger partial charge in [-0.15, -0.1) is 0 Å². The topological polar surface area (TPSA) is 104 Å². The number of non-ortho nitro benzene ring substituents is 1. The van der Waals surface area contributed by atoms with E-state index in [4.69, 9.17) is 0 Å². The van der Waals surface area contributed by atoms with E-state index in [0.29, 0.717) is 16.8 Å². The molecule has 0 radical (unpaired) electrons. The Morgan fingerprint density at radius 3 is 2.39 bits per heavy atom. The van der Waals surface area contributed by atoms with Crippen LogP contribution < -0.4 is 10.9 Å². The smallest absolute Gasteiger partial charge is 0.269 e. The predicted molar refractivity (Wildman–Crippen MR) is 85.2 cm³/mol. The number of nitrogens with zero attached hydrogens (tertiary/aromatic N) is 1. The van der Waals surface area contributed by atoms with Crippen LogP contribution in [0.2, 0.25) is 0 Å². The van der Waals surface area contributed by atoms with Crippen LogP contribution >= 0.6 is 0 Å². The first-order chi connectivity index (χ1) is 11.0. The number of nitrogens with one attached hydrogen (secondary N) is 2. The van der Waals surface area contributed by atoms with Gasteiger partial charge in [-0.1, -0.05) is 30.8 Å². The van der Waals surface area contributed by atoms with Crippen molar-refractivity contribution in [2.45, 2.75) is 6.42 Å². The van der Waals surface area contributed by atoms with Gasteiger partial charge in [0.2, 0.25) is 5.91 Å². The van der Waals surface area contributed by atoms with Crippen LogP contribution in [0.1, 0.15) is 11.1 Å². The Balaban J connectivity index is 1.89. The summed E-state index contributed by atoms with van der Waals surface area (Å²) in [5, 5.41) is 20.2. The number of hydrazine groups is 1. The van der Waals surface area contributed by atoms with Crippen molar-refractivity contribution in [3.8, 4) is 5.75 Å². The van der Waals surface area contributed by atoms with E-state index in [-0.39, 0.29) is 23.8 Å². The van der Waals surface area contributed by atoms with Crippen LogP contribution in [-0.2, 0) is 11.2 Å². The summed E-state index contributed by atoms with van der Waals surface area (Å²) in [6.07, 6.45) is 0.0546. The van der Waals surface area contributed by atoms with Crippen molar-refractivity contribution in [1.82, 2.24) is 10.9 Å². The van der Waals surface area contributed by atoms with Crippen molar-refractivity contribution < 1.29 is 14.8 Å². The number of para-hydroxylation sites is 1. The number of phenols is 1.